The number of aliphatic imine (C=N–C) groups is 1. The molecule has 3 heterocycles. The Bertz CT molecular complexity index is 715. The smallest absolute Gasteiger partial charge is 0.191 e. The van der Waals surface area contributed by atoms with Gasteiger partial charge < -0.3 is 10.6 Å². The molecule has 1 atom stereocenters. The summed E-state index contributed by atoms with van der Waals surface area (Å²) in [6.45, 7) is 6.30. The molecular weight excluding hydrogens is 453 g/mol. The summed E-state index contributed by atoms with van der Waals surface area (Å²) in [7, 11) is 1.82. The SMILES string of the molecule is CCC1CCCCN1CCNC(=NC)NCCc1nnc2ccccn12.I. The number of aromatic nitrogens is 3. The average Bonchev–Trinajstić information content (AvgIpc) is 3.10. The summed E-state index contributed by atoms with van der Waals surface area (Å²) in [5.74, 6) is 1.81. The van der Waals surface area contributed by atoms with Gasteiger partial charge in [-0.25, -0.2) is 0 Å². The Morgan fingerprint density at radius 1 is 1.22 bits per heavy atom. The van der Waals surface area contributed by atoms with Gasteiger partial charge in [-0.1, -0.05) is 19.4 Å². The quantitative estimate of drug-likeness (QED) is 0.358. The molecule has 0 amide bonds. The molecule has 0 aromatic carbocycles. The maximum atomic E-state index is 4.32. The van der Waals surface area contributed by atoms with Gasteiger partial charge >= 0.3 is 0 Å². The van der Waals surface area contributed by atoms with E-state index in [0.717, 1.165) is 49.5 Å². The van der Waals surface area contributed by atoms with Crippen molar-refractivity contribution in [2.24, 2.45) is 4.99 Å². The van der Waals surface area contributed by atoms with E-state index in [0.29, 0.717) is 0 Å². The van der Waals surface area contributed by atoms with Crippen LogP contribution in [-0.2, 0) is 6.42 Å². The lowest BCUT2D eigenvalue weighted by molar-refractivity contribution is 0.147. The van der Waals surface area contributed by atoms with E-state index in [2.05, 4.69) is 37.6 Å². The van der Waals surface area contributed by atoms with Gasteiger partial charge in [0.2, 0.25) is 0 Å². The summed E-state index contributed by atoms with van der Waals surface area (Å²) in [5.41, 5.74) is 0.886. The van der Waals surface area contributed by atoms with Crippen molar-refractivity contribution >= 4 is 35.6 Å². The van der Waals surface area contributed by atoms with Gasteiger partial charge in [-0.05, 0) is 37.9 Å². The van der Waals surface area contributed by atoms with Gasteiger partial charge in [-0.2, -0.15) is 0 Å². The number of rotatable bonds is 7. The van der Waals surface area contributed by atoms with Crippen LogP contribution in [0.3, 0.4) is 0 Å². The first-order valence-electron chi connectivity index (χ1n) is 9.79. The number of guanidine groups is 1. The molecule has 2 aromatic heterocycles. The van der Waals surface area contributed by atoms with E-state index in [1.807, 2.05) is 35.8 Å². The number of nitrogens with zero attached hydrogens (tertiary/aromatic N) is 5. The van der Waals surface area contributed by atoms with Gasteiger partial charge in [0.1, 0.15) is 5.82 Å². The number of hydrogen-bond donors (Lipinski definition) is 2. The zero-order chi connectivity index (χ0) is 18.2. The molecule has 0 spiro atoms. The number of pyridine rings is 1. The summed E-state index contributed by atoms with van der Waals surface area (Å²) in [4.78, 5) is 6.94. The van der Waals surface area contributed by atoms with Crippen molar-refractivity contribution in [3.05, 3.63) is 30.2 Å². The van der Waals surface area contributed by atoms with E-state index in [1.165, 1.54) is 32.2 Å². The van der Waals surface area contributed by atoms with Crippen LogP contribution in [0.15, 0.2) is 29.4 Å². The molecule has 8 heteroatoms. The fraction of sp³-hybridized carbons (Fsp3) is 0.632. The van der Waals surface area contributed by atoms with E-state index in [1.54, 1.807) is 0 Å². The molecule has 3 rings (SSSR count). The maximum absolute atomic E-state index is 4.32. The van der Waals surface area contributed by atoms with E-state index in [9.17, 15) is 0 Å². The molecule has 0 saturated carbocycles. The molecule has 1 fully saturated rings. The molecule has 1 saturated heterocycles. The second kappa shape index (κ2) is 11.4. The maximum Gasteiger partial charge on any atom is 0.191 e. The molecule has 150 valence electrons. The van der Waals surface area contributed by atoms with Gasteiger partial charge in [0.15, 0.2) is 11.6 Å². The van der Waals surface area contributed by atoms with Crippen molar-refractivity contribution in [1.29, 1.82) is 0 Å². The molecule has 0 radical (unpaired) electrons. The van der Waals surface area contributed by atoms with Crippen molar-refractivity contribution in [2.75, 3.05) is 33.2 Å². The first-order chi connectivity index (χ1) is 12.8. The van der Waals surface area contributed by atoms with Crippen LogP contribution < -0.4 is 10.6 Å². The molecule has 7 nitrogen and oxygen atoms in total. The molecule has 2 N–H and O–H groups in total. The van der Waals surface area contributed by atoms with Gasteiger partial charge in [-0.3, -0.25) is 14.3 Å². The molecule has 27 heavy (non-hydrogen) atoms. The van der Waals surface area contributed by atoms with Crippen molar-refractivity contribution in [3.63, 3.8) is 0 Å². The Morgan fingerprint density at radius 2 is 2.07 bits per heavy atom. The van der Waals surface area contributed by atoms with Crippen LogP contribution in [-0.4, -0.2) is 64.7 Å². The molecule has 2 aromatic rings. The number of halogens is 1. The zero-order valence-electron chi connectivity index (χ0n) is 16.4. The number of piperidine rings is 1. The molecule has 1 unspecified atom stereocenters. The standard InChI is InChI=1S/C19H31N7.HI/c1-3-16-8-4-6-13-25(16)15-12-22-19(20-2)21-11-10-18-24-23-17-9-5-7-14-26(17)18;/h5,7,9,14,16H,3-4,6,8,10-13,15H2,1-2H3,(H2,20,21,22);1H. The Kier molecular flexibility index (Phi) is 9.26. The fourth-order valence-electron chi connectivity index (χ4n) is 3.71. The average molecular weight is 485 g/mol. The van der Waals surface area contributed by atoms with Gasteiger partial charge in [-0.15, -0.1) is 34.2 Å². The Morgan fingerprint density at radius 3 is 2.89 bits per heavy atom. The largest absolute Gasteiger partial charge is 0.356 e. The third kappa shape index (κ3) is 6.03. The molecule has 1 aliphatic heterocycles. The predicted octanol–water partition coefficient (Wildman–Crippen LogP) is 2.32. The van der Waals surface area contributed by atoms with Gasteiger partial charge in [0.05, 0.1) is 0 Å². The lowest BCUT2D eigenvalue weighted by Gasteiger charge is -2.35. The second-order valence-electron chi connectivity index (χ2n) is 6.81. The highest BCUT2D eigenvalue weighted by atomic mass is 127. The summed E-state index contributed by atoms with van der Waals surface area (Å²) in [6.07, 6.45) is 8.10. The monoisotopic (exact) mass is 485 g/mol. The number of hydrogen-bond acceptors (Lipinski definition) is 4. The highest BCUT2D eigenvalue weighted by molar-refractivity contribution is 14.0. The zero-order valence-corrected chi connectivity index (χ0v) is 18.7. The number of nitrogens with one attached hydrogen (secondary N) is 2. The van der Waals surface area contributed by atoms with E-state index in [4.69, 9.17) is 0 Å². The topological polar surface area (TPSA) is 69.8 Å². The van der Waals surface area contributed by atoms with Crippen molar-refractivity contribution < 1.29 is 0 Å². The number of fused-ring (bicyclic) bond motifs is 1. The van der Waals surface area contributed by atoms with Crippen LogP contribution >= 0.6 is 24.0 Å². The van der Waals surface area contributed by atoms with Crippen LogP contribution in [0, 0.1) is 0 Å². The first kappa shape index (κ1) is 21.9. The lowest BCUT2D eigenvalue weighted by Crippen LogP contribution is -2.46. The Hall–Kier alpha value is -1.42. The third-order valence-corrected chi connectivity index (χ3v) is 5.16. The van der Waals surface area contributed by atoms with E-state index >= 15 is 0 Å². The minimum absolute atomic E-state index is 0. The molecule has 0 bridgehead atoms. The van der Waals surface area contributed by atoms with Crippen LogP contribution in [0.2, 0.25) is 0 Å². The van der Waals surface area contributed by atoms with Crippen molar-refractivity contribution in [1.82, 2.24) is 30.1 Å². The van der Waals surface area contributed by atoms with Gasteiger partial charge in [0, 0.05) is 45.3 Å². The predicted molar refractivity (Wildman–Crippen MR) is 121 cm³/mol. The van der Waals surface area contributed by atoms with Crippen LogP contribution in [0.4, 0.5) is 0 Å². The minimum Gasteiger partial charge on any atom is -0.356 e. The van der Waals surface area contributed by atoms with E-state index < -0.39 is 0 Å². The third-order valence-electron chi connectivity index (χ3n) is 5.16. The molecular formula is C19H32IN7. The minimum atomic E-state index is 0. The fourth-order valence-corrected chi connectivity index (χ4v) is 3.71. The first-order valence-corrected chi connectivity index (χ1v) is 9.79. The normalized spacial score (nSPS) is 18.3. The lowest BCUT2D eigenvalue weighted by atomic mass is 10.0. The van der Waals surface area contributed by atoms with Gasteiger partial charge in [0.25, 0.3) is 0 Å². The van der Waals surface area contributed by atoms with Crippen molar-refractivity contribution in [2.45, 2.75) is 45.1 Å². The Labute approximate surface area is 179 Å². The summed E-state index contributed by atoms with van der Waals surface area (Å²) < 4.78 is 2.03. The molecule has 1 aliphatic rings. The number of likely N-dealkylation sites (tertiary alicyclic amines) is 1. The van der Waals surface area contributed by atoms with Crippen LogP contribution in [0.25, 0.3) is 5.65 Å². The second-order valence-corrected chi connectivity index (χ2v) is 6.81. The van der Waals surface area contributed by atoms with E-state index in [-0.39, 0.29) is 24.0 Å². The van der Waals surface area contributed by atoms with Crippen LogP contribution in [0.1, 0.15) is 38.4 Å². The highest BCUT2D eigenvalue weighted by Gasteiger charge is 2.19. The summed E-state index contributed by atoms with van der Waals surface area (Å²) >= 11 is 0. The Balaban J connectivity index is 0.00000261. The summed E-state index contributed by atoms with van der Waals surface area (Å²) in [5, 5.41) is 15.3. The highest BCUT2D eigenvalue weighted by Crippen LogP contribution is 2.18. The summed E-state index contributed by atoms with van der Waals surface area (Å²) in [6, 6.07) is 6.69. The molecule has 0 aliphatic carbocycles. The van der Waals surface area contributed by atoms with Crippen molar-refractivity contribution in [3.8, 4) is 0 Å². The van der Waals surface area contributed by atoms with Crippen LogP contribution in [0.5, 0.6) is 0 Å².